The topological polar surface area (TPSA) is 63.9 Å². The second kappa shape index (κ2) is 8.02. The normalized spacial score (nSPS) is 16.6. The molecule has 1 unspecified atom stereocenters. The number of carbonyl (C=O) groups is 1. The van der Waals surface area contributed by atoms with E-state index in [4.69, 9.17) is 13.9 Å². The summed E-state index contributed by atoms with van der Waals surface area (Å²) >= 11 is 0. The van der Waals surface area contributed by atoms with Gasteiger partial charge in [0.15, 0.2) is 0 Å². The molecule has 1 atom stereocenters. The number of nitrogens with one attached hydrogen (secondary N) is 1. The van der Waals surface area contributed by atoms with Gasteiger partial charge in [0.1, 0.15) is 23.9 Å². The van der Waals surface area contributed by atoms with E-state index in [0.717, 1.165) is 19.4 Å². The van der Waals surface area contributed by atoms with E-state index in [2.05, 4.69) is 5.32 Å². The molecule has 1 aliphatic heterocycles. The number of nitrogens with zero attached hydrogens (tertiary/aromatic N) is 1. The molecule has 0 spiro atoms. The van der Waals surface area contributed by atoms with Gasteiger partial charge in [-0.25, -0.2) is 9.18 Å². The zero-order chi connectivity index (χ0) is 17.6. The van der Waals surface area contributed by atoms with Gasteiger partial charge in [0, 0.05) is 19.7 Å². The van der Waals surface area contributed by atoms with Crippen LogP contribution in [0.25, 0.3) is 0 Å². The highest BCUT2D eigenvalue weighted by Crippen LogP contribution is 2.27. The molecule has 2 heterocycles. The van der Waals surface area contributed by atoms with Crippen molar-refractivity contribution in [2.75, 3.05) is 25.6 Å². The number of urea groups is 1. The van der Waals surface area contributed by atoms with E-state index in [1.165, 1.54) is 23.1 Å². The fraction of sp³-hybridized carbons (Fsp3) is 0.389. The summed E-state index contributed by atoms with van der Waals surface area (Å²) in [5, 5.41) is 2.68. The van der Waals surface area contributed by atoms with E-state index in [9.17, 15) is 9.18 Å². The average Bonchev–Trinajstić information content (AvgIpc) is 3.27. The summed E-state index contributed by atoms with van der Waals surface area (Å²) < 4.78 is 30.0. The Hall–Kier alpha value is -2.54. The second-order valence-corrected chi connectivity index (χ2v) is 5.95. The van der Waals surface area contributed by atoms with E-state index in [1.54, 1.807) is 25.4 Å². The number of halogens is 1. The maximum atomic E-state index is 13.6. The lowest BCUT2D eigenvalue weighted by Gasteiger charge is -2.19. The molecule has 1 saturated heterocycles. The number of benzene rings is 1. The maximum absolute atomic E-state index is 13.6. The summed E-state index contributed by atoms with van der Waals surface area (Å²) in [7, 11) is 1.63. The lowest BCUT2D eigenvalue weighted by molar-refractivity contribution is 0.0682. The molecule has 0 radical (unpaired) electrons. The fourth-order valence-electron chi connectivity index (χ4n) is 2.60. The minimum Gasteiger partial charge on any atom is -0.489 e. The van der Waals surface area contributed by atoms with Crippen LogP contribution >= 0.6 is 0 Å². The second-order valence-electron chi connectivity index (χ2n) is 5.95. The molecule has 2 amide bonds. The predicted molar refractivity (Wildman–Crippen MR) is 90.1 cm³/mol. The van der Waals surface area contributed by atoms with Gasteiger partial charge in [-0.3, -0.25) is 0 Å². The largest absolute Gasteiger partial charge is 0.489 e. The van der Waals surface area contributed by atoms with Gasteiger partial charge >= 0.3 is 6.03 Å². The van der Waals surface area contributed by atoms with Crippen molar-refractivity contribution in [1.82, 2.24) is 4.90 Å². The molecule has 0 bridgehead atoms. The number of amides is 2. The van der Waals surface area contributed by atoms with Crippen LogP contribution in [0.2, 0.25) is 0 Å². The summed E-state index contributed by atoms with van der Waals surface area (Å²) in [6.45, 7) is 1.41. The van der Waals surface area contributed by atoms with E-state index in [1.807, 2.05) is 0 Å². The van der Waals surface area contributed by atoms with Crippen molar-refractivity contribution in [2.24, 2.45) is 0 Å². The molecule has 3 rings (SSSR count). The highest BCUT2D eigenvalue weighted by molar-refractivity contribution is 5.90. The van der Waals surface area contributed by atoms with Gasteiger partial charge in [0.05, 0.1) is 24.6 Å². The standard InChI is InChI=1S/C18H21FN2O4/c1-21(11-14-4-2-8-23-14)18(22)20-16-10-13(19)6-7-17(16)25-12-15-5-3-9-24-15/h2,4,6-8,10,15H,3,5,9,11-12H2,1H3,(H,20,22). The third-order valence-corrected chi connectivity index (χ3v) is 3.95. The van der Waals surface area contributed by atoms with E-state index in [-0.39, 0.29) is 17.8 Å². The smallest absolute Gasteiger partial charge is 0.322 e. The average molecular weight is 348 g/mol. The molecular formula is C18H21FN2O4. The zero-order valence-electron chi connectivity index (χ0n) is 14.0. The third-order valence-electron chi connectivity index (χ3n) is 3.95. The SMILES string of the molecule is CN(Cc1ccco1)C(=O)Nc1cc(F)ccc1OCC1CCCO1. The molecule has 1 fully saturated rings. The van der Waals surface area contributed by atoms with Crippen molar-refractivity contribution in [2.45, 2.75) is 25.5 Å². The fourth-order valence-corrected chi connectivity index (χ4v) is 2.60. The van der Waals surface area contributed by atoms with Crippen LogP contribution in [0.1, 0.15) is 18.6 Å². The Balaban J connectivity index is 1.63. The van der Waals surface area contributed by atoms with Gasteiger partial charge in [-0.1, -0.05) is 0 Å². The van der Waals surface area contributed by atoms with Crippen LogP contribution in [0.3, 0.4) is 0 Å². The van der Waals surface area contributed by atoms with Crippen molar-refractivity contribution in [1.29, 1.82) is 0 Å². The highest BCUT2D eigenvalue weighted by atomic mass is 19.1. The minimum absolute atomic E-state index is 0.0373. The Kier molecular flexibility index (Phi) is 5.55. The summed E-state index contributed by atoms with van der Waals surface area (Å²) in [6.07, 6.45) is 3.54. The number of ether oxygens (including phenoxy) is 2. The van der Waals surface area contributed by atoms with Crippen LogP contribution in [0, 0.1) is 5.82 Å². The first kappa shape index (κ1) is 17.3. The van der Waals surface area contributed by atoms with Gasteiger partial charge in [-0.05, 0) is 37.1 Å². The van der Waals surface area contributed by atoms with E-state index in [0.29, 0.717) is 24.7 Å². The summed E-state index contributed by atoms with van der Waals surface area (Å²) in [6, 6.07) is 7.19. The Morgan fingerprint density at radius 1 is 1.44 bits per heavy atom. The zero-order valence-corrected chi connectivity index (χ0v) is 14.0. The van der Waals surface area contributed by atoms with Crippen LogP contribution in [0.5, 0.6) is 5.75 Å². The van der Waals surface area contributed by atoms with Crippen molar-refractivity contribution >= 4 is 11.7 Å². The molecule has 7 heteroatoms. The van der Waals surface area contributed by atoms with E-state index >= 15 is 0 Å². The molecule has 0 saturated carbocycles. The molecule has 0 aliphatic carbocycles. The molecule has 1 N–H and O–H groups in total. The molecule has 25 heavy (non-hydrogen) atoms. The van der Waals surface area contributed by atoms with Gasteiger partial charge in [-0.15, -0.1) is 0 Å². The Bertz CT molecular complexity index is 699. The predicted octanol–water partition coefficient (Wildman–Crippen LogP) is 3.64. The van der Waals surface area contributed by atoms with Crippen LogP contribution in [0.15, 0.2) is 41.0 Å². The van der Waals surface area contributed by atoms with Crippen LogP contribution in [-0.2, 0) is 11.3 Å². The van der Waals surface area contributed by atoms with Crippen LogP contribution < -0.4 is 10.1 Å². The third kappa shape index (κ3) is 4.73. The van der Waals surface area contributed by atoms with Gasteiger partial charge < -0.3 is 24.1 Å². The highest BCUT2D eigenvalue weighted by Gasteiger charge is 2.18. The quantitative estimate of drug-likeness (QED) is 0.866. The first-order valence-corrected chi connectivity index (χ1v) is 8.20. The molecule has 1 aromatic heterocycles. The lowest BCUT2D eigenvalue weighted by atomic mass is 10.2. The monoisotopic (exact) mass is 348 g/mol. The number of anilines is 1. The molecular weight excluding hydrogens is 327 g/mol. The number of hydrogen-bond donors (Lipinski definition) is 1. The minimum atomic E-state index is -0.451. The number of carbonyl (C=O) groups excluding carboxylic acids is 1. The number of hydrogen-bond acceptors (Lipinski definition) is 4. The van der Waals surface area contributed by atoms with Crippen LogP contribution in [0.4, 0.5) is 14.9 Å². The van der Waals surface area contributed by atoms with E-state index < -0.39 is 5.82 Å². The number of rotatable bonds is 6. The van der Waals surface area contributed by atoms with Crippen molar-refractivity contribution < 1.29 is 23.1 Å². The first-order valence-electron chi connectivity index (χ1n) is 8.20. The first-order chi connectivity index (χ1) is 12.1. The summed E-state index contributed by atoms with van der Waals surface area (Å²) in [5.74, 6) is 0.622. The van der Waals surface area contributed by atoms with Crippen molar-refractivity contribution in [3.8, 4) is 5.75 Å². The van der Waals surface area contributed by atoms with Gasteiger partial charge in [0.2, 0.25) is 0 Å². The van der Waals surface area contributed by atoms with Crippen LogP contribution in [-0.4, -0.2) is 37.3 Å². The molecule has 2 aromatic rings. The Morgan fingerprint density at radius 2 is 2.32 bits per heavy atom. The van der Waals surface area contributed by atoms with Gasteiger partial charge in [-0.2, -0.15) is 0 Å². The summed E-state index contributed by atoms with van der Waals surface area (Å²) in [5.41, 5.74) is 0.286. The maximum Gasteiger partial charge on any atom is 0.322 e. The summed E-state index contributed by atoms with van der Waals surface area (Å²) in [4.78, 5) is 13.8. The van der Waals surface area contributed by atoms with Crippen molar-refractivity contribution in [3.05, 3.63) is 48.2 Å². The van der Waals surface area contributed by atoms with Gasteiger partial charge in [0.25, 0.3) is 0 Å². The lowest BCUT2D eigenvalue weighted by Crippen LogP contribution is -2.31. The number of furan rings is 1. The Labute approximate surface area is 145 Å². The molecule has 134 valence electrons. The molecule has 1 aliphatic rings. The van der Waals surface area contributed by atoms with Crippen molar-refractivity contribution in [3.63, 3.8) is 0 Å². The Morgan fingerprint density at radius 3 is 3.04 bits per heavy atom. The molecule has 6 nitrogen and oxygen atoms in total. The molecule has 1 aromatic carbocycles.